The van der Waals surface area contributed by atoms with E-state index in [-0.39, 0.29) is 34.7 Å². The lowest BCUT2D eigenvalue weighted by Crippen LogP contribution is -2.23. The van der Waals surface area contributed by atoms with Gasteiger partial charge in [-0.1, -0.05) is 49.2 Å². The van der Waals surface area contributed by atoms with Crippen LogP contribution in [-0.2, 0) is 6.54 Å². The van der Waals surface area contributed by atoms with Crippen LogP contribution < -0.4 is 14.8 Å². The van der Waals surface area contributed by atoms with E-state index >= 15 is 0 Å². The smallest absolute Gasteiger partial charge is 0.253 e. The fraction of sp³-hybridized carbons (Fsp3) is 0.200. The van der Waals surface area contributed by atoms with E-state index in [1.54, 1.807) is 49.6 Å². The average Bonchev–Trinajstić information content (AvgIpc) is 2.80. The van der Waals surface area contributed by atoms with Crippen molar-refractivity contribution in [2.75, 3.05) is 7.11 Å². The molecule has 0 saturated carbocycles. The maximum absolute atomic E-state index is 12.7. The number of methoxy groups -OCH3 is 1. The van der Waals surface area contributed by atoms with Gasteiger partial charge in [-0.15, -0.1) is 0 Å². The van der Waals surface area contributed by atoms with Gasteiger partial charge in [0.15, 0.2) is 5.75 Å². The molecule has 0 aliphatic carbocycles. The zero-order chi connectivity index (χ0) is 23.3. The normalized spacial score (nSPS) is 10.5. The van der Waals surface area contributed by atoms with Crippen LogP contribution in [0.2, 0.25) is 10.0 Å². The molecule has 0 saturated heterocycles. The molecule has 3 rings (SSSR count). The van der Waals surface area contributed by atoms with Crippen LogP contribution in [0.3, 0.4) is 0 Å². The third kappa shape index (κ3) is 5.34. The lowest BCUT2D eigenvalue weighted by Gasteiger charge is -2.16. The Balaban J connectivity index is 1.81. The quantitative estimate of drug-likeness (QED) is 0.417. The van der Waals surface area contributed by atoms with Crippen LogP contribution in [0.4, 0.5) is 0 Å². The molecule has 1 N–H and O–H groups in total. The second-order valence-corrected chi connectivity index (χ2v) is 8.18. The minimum Gasteiger partial charge on any atom is -0.496 e. The topological polar surface area (TPSA) is 71.3 Å². The summed E-state index contributed by atoms with van der Waals surface area (Å²) in [7, 11) is 1.62. The highest BCUT2D eigenvalue weighted by molar-refractivity contribution is 6.39. The Morgan fingerprint density at radius 3 is 2.44 bits per heavy atom. The average molecular weight is 469 g/mol. The number of carbonyl (C=O) groups excluding carboxylic acids is 1. The first-order valence-electron chi connectivity index (χ1n) is 9.95. The van der Waals surface area contributed by atoms with Crippen LogP contribution >= 0.6 is 23.2 Å². The van der Waals surface area contributed by atoms with Gasteiger partial charge in [-0.25, -0.2) is 0 Å². The summed E-state index contributed by atoms with van der Waals surface area (Å²) in [5.41, 5.74) is 2.64. The Morgan fingerprint density at radius 1 is 1.09 bits per heavy atom. The molecule has 32 heavy (non-hydrogen) atoms. The molecule has 0 aromatic heterocycles. The predicted molar refractivity (Wildman–Crippen MR) is 126 cm³/mol. The number of rotatable bonds is 7. The van der Waals surface area contributed by atoms with Crippen LogP contribution in [0.1, 0.15) is 46.8 Å². The Morgan fingerprint density at radius 2 is 1.81 bits per heavy atom. The van der Waals surface area contributed by atoms with Crippen LogP contribution in [0, 0.1) is 11.3 Å². The first-order valence-corrected chi connectivity index (χ1v) is 10.7. The van der Waals surface area contributed by atoms with Crippen molar-refractivity contribution in [3.63, 3.8) is 0 Å². The molecule has 5 nitrogen and oxygen atoms in total. The number of nitriles is 1. The van der Waals surface area contributed by atoms with Gasteiger partial charge >= 0.3 is 0 Å². The summed E-state index contributed by atoms with van der Waals surface area (Å²) >= 11 is 12.8. The fourth-order valence-electron chi connectivity index (χ4n) is 3.12. The van der Waals surface area contributed by atoms with Gasteiger partial charge in [-0.2, -0.15) is 5.26 Å². The van der Waals surface area contributed by atoms with E-state index in [1.165, 1.54) is 0 Å². The van der Waals surface area contributed by atoms with E-state index in [1.807, 2.05) is 12.1 Å². The Hall–Kier alpha value is -3.20. The number of ether oxygens (including phenoxy) is 2. The number of benzene rings is 3. The minimum absolute atomic E-state index is 0.122. The molecule has 0 fully saturated rings. The van der Waals surface area contributed by atoms with E-state index in [9.17, 15) is 4.79 Å². The van der Waals surface area contributed by atoms with E-state index in [0.29, 0.717) is 16.3 Å². The van der Waals surface area contributed by atoms with E-state index in [2.05, 4.69) is 25.2 Å². The van der Waals surface area contributed by atoms with Crippen LogP contribution in [0.25, 0.3) is 0 Å². The summed E-state index contributed by atoms with van der Waals surface area (Å²) < 4.78 is 11.4. The summed E-state index contributed by atoms with van der Waals surface area (Å²) in [5.74, 6) is 1.37. The van der Waals surface area contributed by atoms with Crippen LogP contribution in [-0.4, -0.2) is 13.0 Å². The van der Waals surface area contributed by atoms with E-state index < -0.39 is 0 Å². The van der Waals surface area contributed by atoms with Crippen LogP contribution in [0.5, 0.6) is 17.2 Å². The van der Waals surface area contributed by atoms with Crippen molar-refractivity contribution < 1.29 is 14.3 Å². The zero-order valence-electron chi connectivity index (χ0n) is 17.9. The predicted octanol–water partition coefficient (Wildman–Crippen LogP) is 6.72. The molecule has 0 aliphatic rings. The van der Waals surface area contributed by atoms with E-state index in [0.717, 1.165) is 16.9 Å². The molecule has 3 aromatic rings. The van der Waals surface area contributed by atoms with Gasteiger partial charge in [0.2, 0.25) is 0 Å². The van der Waals surface area contributed by atoms with Crippen molar-refractivity contribution >= 4 is 29.1 Å². The molecular formula is C25H22Cl2N2O3. The van der Waals surface area contributed by atoms with Gasteiger partial charge in [-0.05, 0) is 53.9 Å². The van der Waals surface area contributed by atoms with E-state index in [4.69, 9.17) is 37.9 Å². The third-order valence-electron chi connectivity index (χ3n) is 4.87. The van der Waals surface area contributed by atoms with Crippen molar-refractivity contribution in [1.29, 1.82) is 5.26 Å². The van der Waals surface area contributed by atoms with Gasteiger partial charge < -0.3 is 14.8 Å². The molecule has 164 valence electrons. The number of amides is 1. The van der Waals surface area contributed by atoms with Crippen molar-refractivity contribution in [3.8, 4) is 23.3 Å². The highest BCUT2D eigenvalue weighted by Crippen LogP contribution is 2.40. The summed E-state index contributed by atoms with van der Waals surface area (Å²) in [6.45, 7) is 4.40. The fourth-order valence-corrected chi connectivity index (χ4v) is 3.65. The van der Waals surface area contributed by atoms with Crippen molar-refractivity contribution in [2.45, 2.75) is 26.3 Å². The molecule has 3 aromatic carbocycles. The second kappa shape index (κ2) is 10.4. The van der Waals surface area contributed by atoms with Crippen molar-refractivity contribution in [1.82, 2.24) is 5.32 Å². The number of nitrogens with zero attached hydrogens (tertiary/aromatic N) is 1. The number of carbonyl (C=O) groups is 1. The summed E-state index contributed by atoms with van der Waals surface area (Å²) in [5, 5.41) is 12.1. The number of hydrogen-bond donors (Lipinski definition) is 1. The Kier molecular flexibility index (Phi) is 7.63. The SMILES string of the molecule is COc1ccc(Oc2c(Cl)ccc(C(=O)NCc3ccc(C#N)cc3)c2Cl)cc1C(C)C. The first-order chi connectivity index (χ1) is 15.3. The van der Waals surface area contributed by atoms with Crippen molar-refractivity contribution in [3.05, 3.63) is 86.9 Å². The van der Waals surface area contributed by atoms with Gasteiger partial charge in [0, 0.05) is 12.1 Å². The number of hydrogen-bond acceptors (Lipinski definition) is 4. The maximum atomic E-state index is 12.7. The summed E-state index contributed by atoms with van der Waals surface area (Å²) in [6.07, 6.45) is 0. The van der Waals surface area contributed by atoms with Gasteiger partial charge in [0.1, 0.15) is 11.5 Å². The molecule has 0 spiro atoms. The highest BCUT2D eigenvalue weighted by Gasteiger charge is 2.19. The van der Waals surface area contributed by atoms with Crippen molar-refractivity contribution in [2.24, 2.45) is 0 Å². The standard InChI is InChI=1S/C25H22Cl2N2O3/c1-15(2)20-12-18(8-11-22(20)31-3)32-24-21(26)10-9-19(23(24)27)25(30)29-14-17-6-4-16(13-28)5-7-17/h4-12,15H,14H2,1-3H3,(H,29,30). The maximum Gasteiger partial charge on any atom is 0.253 e. The third-order valence-corrected chi connectivity index (χ3v) is 5.55. The Labute approximate surface area is 197 Å². The molecular weight excluding hydrogens is 447 g/mol. The Bertz CT molecular complexity index is 1170. The molecule has 0 atom stereocenters. The second-order valence-electron chi connectivity index (χ2n) is 7.39. The lowest BCUT2D eigenvalue weighted by molar-refractivity contribution is 0.0950. The minimum atomic E-state index is -0.363. The molecule has 0 aliphatic heterocycles. The first kappa shape index (κ1) is 23.5. The lowest BCUT2D eigenvalue weighted by atomic mass is 10.0. The monoisotopic (exact) mass is 468 g/mol. The molecule has 0 unspecified atom stereocenters. The molecule has 0 radical (unpaired) electrons. The number of halogens is 2. The van der Waals surface area contributed by atoms with Crippen LogP contribution in [0.15, 0.2) is 54.6 Å². The molecule has 1 amide bonds. The summed E-state index contributed by atoms with van der Waals surface area (Å²) in [4.78, 5) is 12.7. The number of nitrogens with one attached hydrogen (secondary N) is 1. The highest BCUT2D eigenvalue weighted by atomic mass is 35.5. The van der Waals surface area contributed by atoms with Gasteiger partial charge in [0.25, 0.3) is 5.91 Å². The van der Waals surface area contributed by atoms with Gasteiger partial charge in [0.05, 0.1) is 34.4 Å². The molecule has 7 heteroatoms. The van der Waals surface area contributed by atoms with Gasteiger partial charge in [-0.3, -0.25) is 4.79 Å². The summed E-state index contributed by atoms with van der Waals surface area (Å²) in [6, 6.07) is 17.6. The zero-order valence-corrected chi connectivity index (χ0v) is 19.4. The molecule has 0 heterocycles. The molecule has 0 bridgehead atoms. The largest absolute Gasteiger partial charge is 0.496 e.